The maximum absolute atomic E-state index is 4.45. The normalized spacial score (nSPS) is 20.8. The number of hydrogen-bond donors (Lipinski definition) is 1. The Bertz CT molecular complexity index is 539. The first-order valence-electron chi connectivity index (χ1n) is 8.54. The Hall–Kier alpha value is -0.860. The molecule has 0 saturated carbocycles. The fourth-order valence-corrected chi connectivity index (χ4v) is 3.72. The summed E-state index contributed by atoms with van der Waals surface area (Å²) in [7, 11) is 1.87. The molecule has 0 aromatic carbocycles. The van der Waals surface area contributed by atoms with Crippen LogP contribution in [0.4, 0.5) is 0 Å². The average Bonchev–Trinajstić information content (AvgIpc) is 3.16. The van der Waals surface area contributed by atoms with Crippen LogP contribution in [0.3, 0.4) is 0 Å². The van der Waals surface area contributed by atoms with E-state index >= 15 is 0 Å². The molecule has 3 heterocycles. The molecule has 2 aliphatic rings. The van der Waals surface area contributed by atoms with Crippen LogP contribution in [0.5, 0.6) is 0 Å². The minimum atomic E-state index is 0. The van der Waals surface area contributed by atoms with Gasteiger partial charge in [0.05, 0.1) is 6.54 Å². The number of likely N-dealkylation sites (tertiary alicyclic amines) is 1. The number of fused-ring (bicyclic) bond motifs is 1. The molecule has 1 fully saturated rings. The smallest absolute Gasteiger partial charge is 0.194 e. The largest absolute Gasteiger partial charge is 0.349 e. The van der Waals surface area contributed by atoms with Crippen molar-refractivity contribution < 1.29 is 0 Å². The second kappa shape index (κ2) is 8.30. The molecule has 0 bridgehead atoms. The summed E-state index contributed by atoms with van der Waals surface area (Å²) in [6.45, 7) is 8.61. The van der Waals surface area contributed by atoms with Crippen molar-refractivity contribution in [2.45, 2.75) is 52.6 Å². The van der Waals surface area contributed by atoms with Crippen LogP contribution in [0.1, 0.15) is 44.8 Å². The van der Waals surface area contributed by atoms with E-state index in [1.807, 2.05) is 7.05 Å². The van der Waals surface area contributed by atoms with E-state index in [2.05, 4.69) is 43.8 Å². The highest BCUT2D eigenvalue weighted by atomic mass is 127. The molecule has 130 valence electrons. The number of rotatable bonds is 4. The summed E-state index contributed by atoms with van der Waals surface area (Å²) in [6.07, 6.45) is 4.84. The van der Waals surface area contributed by atoms with E-state index in [4.69, 9.17) is 0 Å². The molecule has 1 aromatic heterocycles. The molecule has 1 atom stereocenters. The van der Waals surface area contributed by atoms with Gasteiger partial charge in [-0.1, -0.05) is 13.8 Å². The summed E-state index contributed by atoms with van der Waals surface area (Å²) < 4.78 is 2.24. The molecular formula is C16H29IN6. The summed E-state index contributed by atoms with van der Waals surface area (Å²) in [4.78, 5) is 6.83. The summed E-state index contributed by atoms with van der Waals surface area (Å²) >= 11 is 0. The second-order valence-electron chi connectivity index (χ2n) is 6.92. The van der Waals surface area contributed by atoms with Crippen LogP contribution >= 0.6 is 24.0 Å². The van der Waals surface area contributed by atoms with Crippen molar-refractivity contribution in [3.8, 4) is 0 Å². The van der Waals surface area contributed by atoms with Crippen molar-refractivity contribution in [1.82, 2.24) is 25.0 Å². The molecular weight excluding hydrogens is 403 g/mol. The van der Waals surface area contributed by atoms with E-state index in [9.17, 15) is 0 Å². The SMILES string of the molecule is CN=C(NCc1nnc2n1CCC2)N1CCC(CC(C)C)C1.I. The third-order valence-electron chi connectivity index (χ3n) is 4.69. The average molecular weight is 432 g/mol. The highest BCUT2D eigenvalue weighted by Crippen LogP contribution is 2.23. The Morgan fingerprint density at radius 1 is 1.35 bits per heavy atom. The van der Waals surface area contributed by atoms with Crippen molar-refractivity contribution in [2.24, 2.45) is 16.8 Å². The summed E-state index contributed by atoms with van der Waals surface area (Å²) in [5.41, 5.74) is 0. The second-order valence-corrected chi connectivity index (χ2v) is 6.92. The predicted molar refractivity (Wildman–Crippen MR) is 103 cm³/mol. The fraction of sp³-hybridized carbons (Fsp3) is 0.812. The van der Waals surface area contributed by atoms with Gasteiger partial charge >= 0.3 is 0 Å². The van der Waals surface area contributed by atoms with Gasteiger partial charge in [0.1, 0.15) is 5.82 Å². The third kappa shape index (κ3) is 4.36. The number of aryl methyl sites for hydroxylation is 1. The predicted octanol–water partition coefficient (Wildman–Crippen LogP) is 2.29. The maximum atomic E-state index is 4.45. The highest BCUT2D eigenvalue weighted by molar-refractivity contribution is 14.0. The molecule has 1 N–H and O–H groups in total. The van der Waals surface area contributed by atoms with Gasteiger partial charge in [-0.2, -0.15) is 0 Å². The molecule has 1 aromatic rings. The van der Waals surface area contributed by atoms with Gasteiger partial charge in [0.2, 0.25) is 0 Å². The van der Waals surface area contributed by atoms with Gasteiger partial charge in [-0.15, -0.1) is 34.2 Å². The number of nitrogens with one attached hydrogen (secondary N) is 1. The van der Waals surface area contributed by atoms with Crippen molar-refractivity contribution >= 4 is 29.9 Å². The molecule has 0 spiro atoms. The molecule has 0 radical (unpaired) electrons. The van der Waals surface area contributed by atoms with Crippen LogP contribution in [0.25, 0.3) is 0 Å². The van der Waals surface area contributed by atoms with Gasteiger partial charge in [0.15, 0.2) is 11.8 Å². The van der Waals surface area contributed by atoms with Crippen molar-refractivity contribution in [1.29, 1.82) is 0 Å². The first-order chi connectivity index (χ1) is 10.7. The van der Waals surface area contributed by atoms with Gasteiger partial charge in [0, 0.05) is 33.1 Å². The summed E-state index contributed by atoms with van der Waals surface area (Å²) in [5, 5.41) is 12.0. The van der Waals surface area contributed by atoms with E-state index in [-0.39, 0.29) is 24.0 Å². The molecule has 6 nitrogen and oxygen atoms in total. The zero-order chi connectivity index (χ0) is 15.5. The third-order valence-corrected chi connectivity index (χ3v) is 4.69. The molecule has 2 aliphatic heterocycles. The first kappa shape index (κ1) is 18.5. The van der Waals surface area contributed by atoms with Gasteiger partial charge in [0.25, 0.3) is 0 Å². The quantitative estimate of drug-likeness (QED) is 0.451. The number of hydrogen-bond acceptors (Lipinski definition) is 3. The molecule has 0 amide bonds. The molecule has 23 heavy (non-hydrogen) atoms. The van der Waals surface area contributed by atoms with Crippen LogP contribution in [0, 0.1) is 11.8 Å². The van der Waals surface area contributed by atoms with E-state index in [0.29, 0.717) is 6.54 Å². The number of nitrogens with zero attached hydrogens (tertiary/aromatic N) is 5. The molecule has 1 saturated heterocycles. The van der Waals surface area contributed by atoms with Gasteiger partial charge in [-0.3, -0.25) is 4.99 Å². The lowest BCUT2D eigenvalue weighted by atomic mass is 9.97. The maximum Gasteiger partial charge on any atom is 0.194 e. The van der Waals surface area contributed by atoms with Crippen molar-refractivity contribution in [3.63, 3.8) is 0 Å². The zero-order valence-electron chi connectivity index (χ0n) is 14.5. The standard InChI is InChI=1S/C16H28N6.HI/c1-12(2)9-13-6-8-21(11-13)16(17-3)18-10-15-20-19-14-5-4-7-22(14)15;/h12-13H,4-11H2,1-3H3,(H,17,18);1H. The Kier molecular flexibility index (Phi) is 6.67. The Labute approximate surface area is 156 Å². The summed E-state index contributed by atoms with van der Waals surface area (Å²) in [6, 6.07) is 0. The van der Waals surface area contributed by atoms with Gasteiger partial charge < -0.3 is 14.8 Å². The highest BCUT2D eigenvalue weighted by Gasteiger charge is 2.25. The lowest BCUT2D eigenvalue weighted by Gasteiger charge is -2.22. The lowest BCUT2D eigenvalue weighted by Crippen LogP contribution is -2.40. The van der Waals surface area contributed by atoms with Crippen LogP contribution in [0.15, 0.2) is 4.99 Å². The van der Waals surface area contributed by atoms with Crippen molar-refractivity contribution in [3.05, 3.63) is 11.6 Å². The van der Waals surface area contributed by atoms with Crippen LogP contribution in [0.2, 0.25) is 0 Å². The zero-order valence-corrected chi connectivity index (χ0v) is 16.8. The fourth-order valence-electron chi connectivity index (χ4n) is 3.72. The van der Waals surface area contributed by atoms with Crippen LogP contribution < -0.4 is 5.32 Å². The number of aromatic nitrogens is 3. The monoisotopic (exact) mass is 432 g/mol. The van der Waals surface area contributed by atoms with Gasteiger partial charge in [-0.05, 0) is 31.1 Å². The Morgan fingerprint density at radius 2 is 2.17 bits per heavy atom. The van der Waals surface area contributed by atoms with Gasteiger partial charge in [-0.25, -0.2) is 0 Å². The molecule has 0 aliphatic carbocycles. The molecule has 1 unspecified atom stereocenters. The van der Waals surface area contributed by atoms with Crippen molar-refractivity contribution in [2.75, 3.05) is 20.1 Å². The Morgan fingerprint density at radius 3 is 2.91 bits per heavy atom. The number of guanidine groups is 1. The summed E-state index contributed by atoms with van der Waals surface area (Å²) in [5.74, 6) is 4.74. The topological polar surface area (TPSA) is 58.3 Å². The number of aliphatic imine (C=N–C) groups is 1. The minimum Gasteiger partial charge on any atom is -0.349 e. The molecule has 3 rings (SSSR count). The Balaban J connectivity index is 0.00000192. The van der Waals surface area contributed by atoms with E-state index in [1.165, 1.54) is 19.3 Å². The van der Waals surface area contributed by atoms with E-state index < -0.39 is 0 Å². The van der Waals surface area contributed by atoms with Crippen LogP contribution in [-0.4, -0.2) is 45.8 Å². The lowest BCUT2D eigenvalue weighted by molar-refractivity contribution is 0.403. The molecule has 7 heteroatoms. The van der Waals surface area contributed by atoms with E-state index in [0.717, 1.165) is 55.5 Å². The van der Waals surface area contributed by atoms with Crippen LogP contribution in [-0.2, 0) is 19.5 Å². The minimum absolute atomic E-state index is 0. The first-order valence-corrected chi connectivity index (χ1v) is 8.54. The van der Waals surface area contributed by atoms with E-state index in [1.54, 1.807) is 0 Å². The number of halogens is 1.